The number of benzene rings is 1. The molecule has 2 aromatic rings. The molecule has 0 saturated heterocycles. The number of esters is 1. The fraction of sp³-hybridized carbons (Fsp3) is 0.316. The molecule has 0 radical (unpaired) electrons. The van der Waals surface area contributed by atoms with E-state index in [0.717, 1.165) is 0 Å². The topological polar surface area (TPSA) is 97.6 Å². The molecule has 0 bridgehead atoms. The largest absolute Gasteiger partial charge is 0.462 e. The van der Waals surface area contributed by atoms with Crippen LogP contribution in [0.25, 0.3) is 0 Å². The monoisotopic (exact) mass is 390 g/mol. The zero-order valence-corrected chi connectivity index (χ0v) is 16.0. The van der Waals surface area contributed by atoms with Crippen molar-refractivity contribution in [1.29, 1.82) is 0 Å². The van der Waals surface area contributed by atoms with Gasteiger partial charge in [0.05, 0.1) is 18.4 Å². The highest BCUT2D eigenvalue weighted by Gasteiger charge is 2.22. The van der Waals surface area contributed by atoms with Crippen molar-refractivity contribution in [2.75, 3.05) is 23.9 Å². The number of thioether (sulfide) groups is 1. The average Bonchev–Trinajstić information content (AvgIpc) is 3.20. The van der Waals surface area contributed by atoms with Crippen LogP contribution in [0, 0.1) is 0 Å². The number of anilines is 1. The molecule has 2 amide bonds. The predicted molar refractivity (Wildman–Crippen MR) is 104 cm³/mol. The molecule has 0 spiro atoms. The summed E-state index contributed by atoms with van der Waals surface area (Å²) in [4.78, 5) is 36.4. The van der Waals surface area contributed by atoms with Crippen molar-refractivity contribution in [3.63, 3.8) is 0 Å². The molecule has 1 atom stereocenters. The van der Waals surface area contributed by atoms with Crippen molar-refractivity contribution in [3.05, 3.63) is 54.0 Å². The van der Waals surface area contributed by atoms with Crippen molar-refractivity contribution in [2.45, 2.75) is 19.4 Å². The van der Waals surface area contributed by atoms with Gasteiger partial charge in [-0.1, -0.05) is 0 Å². The van der Waals surface area contributed by atoms with E-state index in [0.29, 0.717) is 30.0 Å². The zero-order chi connectivity index (χ0) is 19.6. The fourth-order valence-electron chi connectivity index (χ4n) is 2.28. The van der Waals surface area contributed by atoms with Crippen molar-refractivity contribution in [1.82, 2.24) is 5.32 Å². The Morgan fingerprint density at radius 3 is 2.52 bits per heavy atom. The summed E-state index contributed by atoms with van der Waals surface area (Å²) in [7, 11) is 0. The Labute approximate surface area is 161 Å². The molecule has 1 heterocycles. The van der Waals surface area contributed by atoms with Gasteiger partial charge >= 0.3 is 5.97 Å². The lowest BCUT2D eigenvalue weighted by atomic mass is 10.1. The Hall–Kier alpha value is -2.74. The number of furan rings is 1. The van der Waals surface area contributed by atoms with Crippen LogP contribution >= 0.6 is 11.8 Å². The number of hydrogen-bond acceptors (Lipinski definition) is 6. The van der Waals surface area contributed by atoms with Crippen LogP contribution in [-0.2, 0) is 9.53 Å². The van der Waals surface area contributed by atoms with Gasteiger partial charge in [0, 0.05) is 5.69 Å². The molecule has 0 aliphatic rings. The molecule has 2 N–H and O–H groups in total. The first kappa shape index (κ1) is 20.6. The lowest BCUT2D eigenvalue weighted by Crippen LogP contribution is -2.44. The minimum atomic E-state index is -0.709. The van der Waals surface area contributed by atoms with E-state index in [1.807, 2.05) is 6.26 Å². The van der Waals surface area contributed by atoms with Gasteiger partial charge in [0.25, 0.3) is 5.91 Å². The smallest absolute Gasteiger partial charge is 0.338 e. The van der Waals surface area contributed by atoms with Gasteiger partial charge in [0.2, 0.25) is 5.91 Å². The van der Waals surface area contributed by atoms with Crippen LogP contribution in [0.2, 0.25) is 0 Å². The maximum absolute atomic E-state index is 12.6. The van der Waals surface area contributed by atoms with Gasteiger partial charge in [0.15, 0.2) is 5.76 Å². The molecule has 2 rings (SSSR count). The Balaban J connectivity index is 2.02. The van der Waals surface area contributed by atoms with Crippen molar-refractivity contribution < 1.29 is 23.5 Å². The summed E-state index contributed by atoms with van der Waals surface area (Å²) in [5.41, 5.74) is 0.925. The molecule has 8 heteroatoms. The summed E-state index contributed by atoms with van der Waals surface area (Å²) < 4.78 is 9.99. The second-order valence-electron chi connectivity index (χ2n) is 5.57. The first-order valence-corrected chi connectivity index (χ1v) is 9.86. The third-order valence-electron chi connectivity index (χ3n) is 3.64. The van der Waals surface area contributed by atoms with Gasteiger partial charge in [-0.2, -0.15) is 11.8 Å². The van der Waals surface area contributed by atoms with E-state index in [2.05, 4.69) is 10.6 Å². The van der Waals surface area contributed by atoms with Crippen molar-refractivity contribution >= 4 is 35.2 Å². The van der Waals surface area contributed by atoms with Crippen LogP contribution < -0.4 is 10.6 Å². The average molecular weight is 390 g/mol. The summed E-state index contributed by atoms with van der Waals surface area (Å²) in [6.45, 7) is 2.03. The number of nitrogens with one attached hydrogen (secondary N) is 2. The Kier molecular flexibility index (Phi) is 7.94. The molecule has 144 valence electrons. The van der Waals surface area contributed by atoms with Gasteiger partial charge in [-0.15, -0.1) is 0 Å². The van der Waals surface area contributed by atoms with Crippen LogP contribution in [0.3, 0.4) is 0 Å². The van der Waals surface area contributed by atoms with E-state index in [-0.39, 0.29) is 11.7 Å². The molecule has 1 aromatic carbocycles. The molecule has 0 aliphatic heterocycles. The quantitative estimate of drug-likeness (QED) is 0.639. The number of carbonyl (C=O) groups is 3. The van der Waals surface area contributed by atoms with E-state index < -0.39 is 17.9 Å². The van der Waals surface area contributed by atoms with Gasteiger partial charge in [-0.05, 0) is 61.8 Å². The van der Waals surface area contributed by atoms with E-state index in [9.17, 15) is 14.4 Å². The molecule has 0 saturated carbocycles. The lowest BCUT2D eigenvalue weighted by molar-refractivity contribution is -0.118. The third-order valence-corrected chi connectivity index (χ3v) is 4.28. The lowest BCUT2D eigenvalue weighted by Gasteiger charge is -2.17. The molecule has 1 aromatic heterocycles. The maximum atomic E-state index is 12.6. The molecular weight excluding hydrogens is 368 g/mol. The van der Waals surface area contributed by atoms with E-state index in [1.54, 1.807) is 49.0 Å². The second kappa shape index (κ2) is 10.4. The maximum Gasteiger partial charge on any atom is 0.338 e. The van der Waals surface area contributed by atoms with Crippen LogP contribution in [0.5, 0.6) is 0 Å². The summed E-state index contributed by atoms with van der Waals surface area (Å²) in [6, 6.07) is 8.82. The van der Waals surface area contributed by atoms with Crippen molar-refractivity contribution in [3.8, 4) is 0 Å². The van der Waals surface area contributed by atoms with E-state index in [1.165, 1.54) is 12.3 Å². The molecule has 1 unspecified atom stereocenters. The Morgan fingerprint density at radius 1 is 1.19 bits per heavy atom. The summed E-state index contributed by atoms with van der Waals surface area (Å²) in [5, 5.41) is 5.44. The van der Waals surface area contributed by atoms with Crippen LogP contribution in [0.15, 0.2) is 47.1 Å². The molecule has 7 nitrogen and oxygen atoms in total. The van der Waals surface area contributed by atoms with Gasteiger partial charge in [-0.25, -0.2) is 4.79 Å². The number of ether oxygens (including phenoxy) is 1. The summed E-state index contributed by atoms with van der Waals surface area (Å²) in [5.74, 6) is -0.348. The molecule has 0 aliphatic carbocycles. The highest BCUT2D eigenvalue weighted by molar-refractivity contribution is 7.98. The Bertz CT molecular complexity index is 759. The van der Waals surface area contributed by atoms with Crippen LogP contribution in [0.4, 0.5) is 5.69 Å². The van der Waals surface area contributed by atoms with Crippen molar-refractivity contribution in [2.24, 2.45) is 0 Å². The standard InChI is InChI=1S/C19H22N2O5S/c1-3-25-19(24)13-6-8-14(9-7-13)20-17(22)15(10-12-27-2)21-18(23)16-5-4-11-26-16/h4-9,11,15H,3,10,12H2,1-2H3,(H,20,22)(H,21,23). The van der Waals surface area contributed by atoms with Crippen LogP contribution in [0.1, 0.15) is 34.3 Å². The highest BCUT2D eigenvalue weighted by Crippen LogP contribution is 2.12. The third kappa shape index (κ3) is 6.18. The first-order chi connectivity index (χ1) is 13.0. The van der Waals surface area contributed by atoms with Gasteiger partial charge < -0.3 is 19.8 Å². The highest BCUT2D eigenvalue weighted by atomic mass is 32.2. The minimum Gasteiger partial charge on any atom is -0.462 e. The predicted octanol–water partition coefficient (Wildman–Crippen LogP) is 2.95. The molecule has 27 heavy (non-hydrogen) atoms. The second-order valence-corrected chi connectivity index (χ2v) is 6.56. The summed E-state index contributed by atoms with van der Waals surface area (Å²) in [6.07, 6.45) is 3.80. The number of hydrogen-bond donors (Lipinski definition) is 2. The normalized spacial score (nSPS) is 11.5. The molecule has 0 fully saturated rings. The summed E-state index contributed by atoms with van der Waals surface area (Å²) >= 11 is 1.58. The minimum absolute atomic E-state index is 0.149. The van der Waals surface area contributed by atoms with E-state index >= 15 is 0 Å². The van der Waals surface area contributed by atoms with Gasteiger partial charge in [-0.3, -0.25) is 9.59 Å². The SMILES string of the molecule is CCOC(=O)c1ccc(NC(=O)C(CCSC)NC(=O)c2ccco2)cc1. The zero-order valence-electron chi connectivity index (χ0n) is 15.2. The van der Waals surface area contributed by atoms with Crippen LogP contribution in [-0.4, -0.2) is 42.4 Å². The number of amides is 2. The first-order valence-electron chi connectivity index (χ1n) is 8.46. The van der Waals surface area contributed by atoms with Gasteiger partial charge in [0.1, 0.15) is 6.04 Å². The molecular formula is C19H22N2O5S. The van der Waals surface area contributed by atoms with E-state index in [4.69, 9.17) is 9.15 Å². The number of carbonyl (C=O) groups excluding carboxylic acids is 3. The Morgan fingerprint density at radius 2 is 1.93 bits per heavy atom. The number of rotatable bonds is 9. The fourth-order valence-corrected chi connectivity index (χ4v) is 2.75.